The fourth-order valence-corrected chi connectivity index (χ4v) is 4.23. The summed E-state index contributed by atoms with van der Waals surface area (Å²) in [4.78, 5) is 46.0. The first-order valence-electron chi connectivity index (χ1n) is 7.92. The Morgan fingerprint density at radius 1 is 1.04 bits per heavy atom. The van der Waals surface area contributed by atoms with E-state index < -0.39 is 68.1 Å². The maximum absolute atomic E-state index is 11.6. The average molecular weight is 452 g/mol. The summed E-state index contributed by atoms with van der Waals surface area (Å²) in [6, 6.07) is -0.909. The van der Waals surface area contributed by atoms with Crippen LogP contribution in [0.1, 0.15) is 27.7 Å². The Kier molecular flexibility index (Phi) is 8.67. The maximum atomic E-state index is 11.6. The van der Waals surface area contributed by atoms with E-state index in [1.54, 1.807) is 0 Å². The van der Waals surface area contributed by atoms with Gasteiger partial charge in [-0.3, -0.25) is 0 Å². The zero-order chi connectivity index (χ0) is 20.7. The molecule has 1 rings (SSSR count). The molecule has 0 aromatic heterocycles. The van der Waals surface area contributed by atoms with Crippen molar-refractivity contribution in [1.29, 1.82) is 5.41 Å². The summed E-state index contributed by atoms with van der Waals surface area (Å²) in [6.07, 6.45) is -3.23. The molecular formula is C15H23N3O8Se. The third-order valence-electron chi connectivity index (χ3n) is 3.31. The Labute approximate surface area is 162 Å². The molecule has 0 unspecified atom stereocenters. The van der Waals surface area contributed by atoms with Crippen LogP contribution >= 0.6 is 0 Å². The molecule has 1 heterocycles. The minimum atomic E-state index is -1.14. The van der Waals surface area contributed by atoms with Gasteiger partial charge in [0.1, 0.15) is 0 Å². The van der Waals surface area contributed by atoms with Crippen LogP contribution in [0.4, 0.5) is 0 Å². The number of rotatable bonds is 7. The number of amides is 1. The average Bonchev–Trinajstić information content (AvgIpc) is 2.49. The standard InChI is InChI=1S/C15H23N3O8Se/c1-6(19)18-11-13(25-9(4)22)12(24-8(3)21)10(5-23-7(2)20)26-14(11)27-15(16)17/h10-14H,5H2,1-4H3,(H3,16,17)(H,18,19)/t10-,11-,12-,13-,14+/m1/s1. The third-order valence-corrected chi connectivity index (χ3v) is 5.18. The van der Waals surface area contributed by atoms with Gasteiger partial charge >= 0.3 is 162 Å². The van der Waals surface area contributed by atoms with Crippen LogP contribution in [0, 0.1) is 5.41 Å². The first kappa shape index (κ1) is 22.9. The number of ether oxygens (including phenoxy) is 4. The van der Waals surface area contributed by atoms with E-state index in [9.17, 15) is 19.2 Å². The van der Waals surface area contributed by atoms with E-state index in [0.29, 0.717) is 0 Å². The van der Waals surface area contributed by atoms with E-state index in [1.807, 2.05) is 0 Å². The topological polar surface area (TPSA) is 167 Å². The van der Waals surface area contributed by atoms with Gasteiger partial charge in [0.25, 0.3) is 0 Å². The van der Waals surface area contributed by atoms with Crippen molar-refractivity contribution in [2.75, 3.05) is 6.61 Å². The van der Waals surface area contributed by atoms with Crippen molar-refractivity contribution < 1.29 is 38.1 Å². The Hall–Kier alpha value is -2.17. The van der Waals surface area contributed by atoms with Gasteiger partial charge in [-0.1, -0.05) is 0 Å². The molecule has 5 atom stereocenters. The van der Waals surface area contributed by atoms with E-state index in [4.69, 9.17) is 30.1 Å². The Balaban J connectivity index is 3.29. The second-order valence-corrected chi connectivity index (χ2v) is 8.09. The van der Waals surface area contributed by atoms with Crippen LogP contribution in [-0.2, 0) is 38.1 Å². The van der Waals surface area contributed by atoms with Crippen molar-refractivity contribution in [1.82, 2.24) is 5.32 Å². The van der Waals surface area contributed by atoms with Gasteiger partial charge in [-0.15, -0.1) is 0 Å². The second kappa shape index (κ2) is 10.2. The Bertz CT molecular complexity index is 614. The summed E-state index contributed by atoms with van der Waals surface area (Å²) < 4.78 is 21.2. The molecule has 0 radical (unpaired) electrons. The molecule has 4 N–H and O–H groups in total. The van der Waals surface area contributed by atoms with Crippen LogP contribution in [0.15, 0.2) is 0 Å². The van der Waals surface area contributed by atoms with E-state index in [-0.39, 0.29) is 11.3 Å². The van der Waals surface area contributed by atoms with E-state index in [0.717, 1.165) is 13.8 Å². The summed E-state index contributed by atoms with van der Waals surface area (Å²) in [5, 5.41) is 9.34. The minimum absolute atomic E-state index is 0.165. The third kappa shape index (κ3) is 7.53. The fourth-order valence-electron chi connectivity index (χ4n) is 2.52. The number of amidine groups is 1. The summed E-state index contributed by atoms with van der Waals surface area (Å²) in [5.41, 5.74) is 5.49. The van der Waals surface area contributed by atoms with E-state index in [1.165, 1.54) is 13.8 Å². The molecule has 1 aliphatic rings. The van der Waals surface area contributed by atoms with Crippen molar-refractivity contribution in [2.45, 2.75) is 57.1 Å². The first-order chi connectivity index (χ1) is 12.5. The predicted octanol–water partition coefficient (Wildman–Crippen LogP) is -1.76. The molecule has 1 fully saturated rings. The molecule has 12 heteroatoms. The van der Waals surface area contributed by atoms with Crippen LogP contribution in [-0.4, -0.2) is 79.5 Å². The number of carbonyl (C=O) groups is 4. The van der Waals surface area contributed by atoms with Gasteiger partial charge in [0.15, 0.2) is 0 Å². The fraction of sp³-hybridized carbons (Fsp3) is 0.667. The normalized spacial score (nSPS) is 27.2. The predicted molar refractivity (Wildman–Crippen MR) is 91.7 cm³/mol. The quantitative estimate of drug-likeness (QED) is 0.133. The van der Waals surface area contributed by atoms with Gasteiger partial charge in [0, 0.05) is 0 Å². The van der Waals surface area contributed by atoms with Crippen LogP contribution in [0.3, 0.4) is 0 Å². The zero-order valence-electron chi connectivity index (χ0n) is 15.3. The van der Waals surface area contributed by atoms with E-state index >= 15 is 0 Å². The van der Waals surface area contributed by atoms with Crippen molar-refractivity contribution >= 4 is 43.5 Å². The molecule has 1 saturated heterocycles. The number of carbonyl (C=O) groups excluding carboxylic acids is 4. The van der Waals surface area contributed by atoms with Gasteiger partial charge in [-0.25, -0.2) is 0 Å². The number of hydrogen-bond acceptors (Lipinski definition) is 9. The SMILES string of the molecule is CC(=O)N[C@@H]1[C@@H](OC(C)=O)[C@H](OC(C)=O)[C@@H](COC(C)=O)O[C@H]1[Se]C(=N)N. The van der Waals surface area contributed by atoms with Crippen LogP contribution in [0.5, 0.6) is 0 Å². The van der Waals surface area contributed by atoms with Crippen molar-refractivity contribution in [3.63, 3.8) is 0 Å². The number of hydrogen-bond donors (Lipinski definition) is 3. The molecule has 0 aromatic rings. The van der Waals surface area contributed by atoms with Crippen molar-refractivity contribution in [2.24, 2.45) is 5.73 Å². The van der Waals surface area contributed by atoms with Crippen molar-refractivity contribution in [3.05, 3.63) is 0 Å². The number of nitrogens with two attached hydrogens (primary N) is 1. The van der Waals surface area contributed by atoms with Gasteiger partial charge < -0.3 is 0 Å². The first-order valence-corrected chi connectivity index (χ1v) is 9.76. The summed E-state index contributed by atoms with van der Waals surface area (Å²) >= 11 is -0.735. The van der Waals surface area contributed by atoms with Gasteiger partial charge in [-0.2, -0.15) is 0 Å². The number of esters is 3. The number of nitrogens with one attached hydrogen (secondary N) is 2. The molecule has 0 spiro atoms. The van der Waals surface area contributed by atoms with E-state index in [2.05, 4.69) is 5.32 Å². The monoisotopic (exact) mass is 453 g/mol. The molecule has 0 saturated carbocycles. The van der Waals surface area contributed by atoms with Crippen molar-refractivity contribution in [3.8, 4) is 0 Å². The Morgan fingerprint density at radius 2 is 1.59 bits per heavy atom. The zero-order valence-corrected chi connectivity index (χ0v) is 17.1. The molecule has 0 aliphatic carbocycles. The summed E-state index contributed by atoms with van der Waals surface area (Å²) in [6.45, 7) is 4.51. The molecule has 0 aromatic carbocycles. The Morgan fingerprint density at radius 3 is 2.04 bits per heavy atom. The molecule has 152 valence electrons. The second-order valence-electron chi connectivity index (χ2n) is 5.70. The van der Waals surface area contributed by atoms with Crippen LogP contribution in [0.2, 0.25) is 0 Å². The molecule has 0 bridgehead atoms. The molecule has 1 aliphatic heterocycles. The van der Waals surface area contributed by atoms with Gasteiger partial charge in [0.05, 0.1) is 0 Å². The molecule has 27 heavy (non-hydrogen) atoms. The molecular weight excluding hydrogens is 429 g/mol. The molecule has 1 amide bonds. The van der Waals surface area contributed by atoms with Crippen LogP contribution < -0.4 is 11.1 Å². The molecule has 11 nitrogen and oxygen atoms in total. The summed E-state index contributed by atoms with van der Waals surface area (Å²) in [5.74, 6) is -2.37. The van der Waals surface area contributed by atoms with Crippen LogP contribution in [0.25, 0.3) is 0 Å². The van der Waals surface area contributed by atoms with Gasteiger partial charge in [0.2, 0.25) is 0 Å². The summed E-state index contributed by atoms with van der Waals surface area (Å²) in [7, 11) is 0. The van der Waals surface area contributed by atoms with Gasteiger partial charge in [-0.05, 0) is 0 Å².